The molecule has 0 spiro atoms. The van der Waals surface area contributed by atoms with Crippen LogP contribution in [0.25, 0.3) is 10.6 Å². The molecule has 2 aromatic heterocycles. The third-order valence-electron chi connectivity index (χ3n) is 2.49. The molecular formula is C12H12BrNOS. The van der Waals surface area contributed by atoms with Crippen LogP contribution in [0, 0.1) is 0 Å². The van der Waals surface area contributed by atoms with Gasteiger partial charge in [-0.25, -0.2) is 0 Å². The smallest absolute Gasteiger partial charge is 0.255 e. The van der Waals surface area contributed by atoms with Crippen LogP contribution >= 0.6 is 27.3 Å². The number of aromatic nitrogens is 1. The van der Waals surface area contributed by atoms with E-state index >= 15 is 0 Å². The van der Waals surface area contributed by atoms with E-state index in [9.17, 15) is 4.79 Å². The number of alkyl halides is 1. The fourth-order valence-electron chi connectivity index (χ4n) is 1.68. The number of halogens is 1. The summed E-state index contributed by atoms with van der Waals surface area (Å²) in [7, 11) is 0. The quantitative estimate of drug-likeness (QED) is 0.795. The van der Waals surface area contributed by atoms with E-state index in [1.807, 2.05) is 41.1 Å². The van der Waals surface area contributed by atoms with Crippen LogP contribution in [0.4, 0.5) is 0 Å². The van der Waals surface area contributed by atoms with E-state index in [4.69, 9.17) is 0 Å². The predicted molar refractivity (Wildman–Crippen MR) is 72.3 cm³/mol. The zero-order chi connectivity index (χ0) is 11.5. The molecule has 0 unspecified atom stereocenters. The molecule has 0 radical (unpaired) electrons. The van der Waals surface area contributed by atoms with Crippen molar-refractivity contribution in [3.05, 3.63) is 45.6 Å². The number of hydrogen-bond acceptors (Lipinski definition) is 2. The van der Waals surface area contributed by atoms with E-state index in [-0.39, 0.29) is 5.56 Å². The molecule has 0 aliphatic rings. The van der Waals surface area contributed by atoms with E-state index in [0.717, 1.165) is 16.1 Å². The number of thiophene rings is 1. The summed E-state index contributed by atoms with van der Waals surface area (Å²) >= 11 is 4.99. The van der Waals surface area contributed by atoms with E-state index in [2.05, 4.69) is 15.9 Å². The van der Waals surface area contributed by atoms with Crippen molar-refractivity contribution in [3.63, 3.8) is 0 Å². The van der Waals surface area contributed by atoms with Crippen LogP contribution in [0.2, 0.25) is 0 Å². The summed E-state index contributed by atoms with van der Waals surface area (Å²) < 4.78 is 1.82. The van der Waals surface area contributed by atoms with Crippen LogP contribution < -0.4 is 5.56 Å². The summed E-state index contributed by atoms with van der Waals surface area (Å²) in [6, 6.07) is 7.97. The molecule has 16 heavy (non-hydrogen) atoms. The summed E-state index contributed by atoms with van der Waals surface area (Å²) in [6.07, 6.45) is 0. The summed E-state index contributed by atoms with van der Waals surface area (Å²) in [5, 5.41) is 2.63. The van der Waals surface area contributed by atoms with Crippen molar-refractivity contribution in [2.24, 2.45) is 0 Å². The van der Waals surface area contributed by atoms with Gasteiger partial charge >= 0.3 is 0 Å². The van der Waals surface area contributed by atoms with Crippen LogP contribution in [0.15, 0.2) is 34.4 Å². The van der Waals surface area contributed by atoms with Crippen molar-refractivity contribution in [3.8, 4) is 10.6 Å². The minimum absolute atomic E-state index is 0.102. The minimum atomic E-state index is 0.102. The largest absolute Gasteiger partial charge is 0.307 e. The zero-order valence-corrected chi connectivity index (χ0v) is 11.3. The lowest BCUT2D eigenvalue weighted by Gasteiger charge is -2.10. The first-order chi connectivity index (χ1) is 7.77. The van der Waals surface area contributed by atoms with Crippen molar-refractivity contribution >= 4 is 27.3 Å². The van der Waals surface area contributed by atoms with Crippen LogP contribution in [0.5, 0.6) is 0 Å². The van der Waals surface area contributed by atoms with Crippen LogP contribution in [-0.4, -0.2) is 4.57 Å². The Balaban J connectivity index is 2.64. The normalized spacial score (nSPS) is 10.6. The lowest BCUT2D eigenvalue weighted by atomic mass is 10.2. The second-order valence-corrected chi connectivity index (χ2v) is 4.91. The Bertz CT molecular complexity index is 530. The van der Waals surface area contributed by atoms with Gasteiger partial charge in [0.1, 0.15) is 0 Å². The summed E-state index contributed by atoms with van der Waals surface area (Å²) in [6.45, 7) is 2.70. The first-order valence-corrected chi connectivity index (χ1v) is 7.10. The van der Waals surface area contributed by atoms with E-state index < -0.39 is 0 Å². The van der Waals surface area contributed by atoms with Gasteiger partial charge in [0.15, 0.2) is 0 Å². The van der Waals surface area contributed by atoms with Gasteiger partial charge in [0.05, 0.1) is 10.6 Å². The summed E-state index contributed by atoms with van der Waals surface area (Å²) in [5.74, 6) is 0. The van der Waals surface area contributed by atoms with Gasteiger partial charge < -0.3 is 4.57 Å². The summed E-state index contributed by atoms with van der Waals surface area (Å²) in [5.41, 5.74) is 1.92. The van der Waals surface area contributed by atoms with Crippen LogP contribution in [-0.2, 0) is 11.9 Å². The molecule has 4 heteroatoms. The number of rotatable bonds is 3. The molecule has 0 saturated heterocycles. The highest BCUT2D eigenvalue weighted by atomic mass is 79.9. The Morgan fingerprint density at radius 1 is 1.38 bits per heavy atom. The fourth-order valence-corrected chi connectivity index (χ4v) is 2.87. The number of pyridine rings is 1. The van der Waals surface area contributed by atoms with Crippen molar-refractivity contribution in [1.29, 1.82) is 0 Å². The summed E-state index contributed by atoms with van der Waals surface area (Å²) in [4.78, 5) is 13.2. The Morgan fingerprint density at radius 3 is 2.75 bits per heavy atom. The Labute approximate surface area is 107 Å². The fraction of sp³-hybridized carbons (Fsp3) is 0.250. The molecule has 0 atom stereocenters. The SMILES string of the molecule is CCn1c(-c2cccs2)ccc(CBr)c1=O. The molecule has 84 valence electrons. The molecule has 2 rings (SSSR count). The molecule has 2 heterocycles. The van der Waals surface area contributed by atoms with Crippen LogP contribution in [0.3, 0.4) is 0 Å². The molecule has 0 fully saturated rings. The van der Waals surface area contributed by atoms with Crippen LogP contribution in [0.1, 0.15) is 12.5 Å². The van der Waals surface area contributed by atoms with E-state index in [1.54, 1.807) is 11.3 Å². The highest BCUT2D eigenvalue weighted by Crippen LogP contribution is 2.23. The van der Waals surface area contributed by atoms with Gasteiger partial charge in [0, 0.05) is 17.4 Å². The average Bonchev–Trinajstić information content (AvgIpc) is 2.82. The van der Waals surface area contributed by atoms with Crippen molar-refractivity contribution in [2.45, 2.75) is 18.8 Å². The predicted octanol–water partition coefficient (Wildman–Crippen LogP) is 3.49. The van der Waals surface area contributed by atoms with Gasteiger partial charge in [-0.2, -0.15) is 0 Å². The topological polar surface area (TPSA) is 22.0 Å². The number of hydrogen-bond donors (Lipinski definition) is 0. The lowest BCUT2D eigenvalue weighted by molar-refractivity contribution is 0.730. The minimum Gasteiger partial charge on any atom is -0.307 e. The first kappa shape index (κ1) is 11.6. The molecule has 0 bridgehead atoms. The third kappa shape index (κ3) is 1.99. The Hall–Kier alpha value is -0.870. The average molecular weight is 298 g/mol. The van der Waals surface area contributed by atoms with Gasteiger partial charge in [-0.15, -0.1) is 11.3 Å². The van der Waals surface area contributed by atoms with Crippen molar-refractivity contribution < 1.29 is 0 Å². The Morgan fingerprint density at radius 2 is 2.19 bits per heavy atom. The van der Waals surface area contributed by atoms with Gasteiger partial charge in [-0.3, -0.25) is 4.79 Å². The molecule has 2 nitrogen and oxygen atoms in total. The second-order valence-electron chi connectivity index (χ2n) is 3.40. The maximum Gasteiger partial charge on any atom is 0.255 e. The standard InChI is InChI=1S/C12H12BrNOS/c1-2-14-10(11-4-3-7-16-11)6-5-9(8-13)12(14)15/h3-7H,2,8H2,1H3. The molecule has 0 amide bonds. The van der Waals surface area contributed by atoms with E-state index in [0.29, 0.717) is 11.9 Å². The molecule has 2 aromatic rings. The molecule has 0 aromatic carbocycles. The van der Waals surface area contributed by atoms with Gasteiger partial charge in [-0.1, -0.05) is 28.1 Å². The highest BCUT2D eigenvalue weighted by molar-refractivity contribution is 9.08. The van der Waals surface area contributed by atoms with Crippen molar-refractivity contribution in [1.82, 2.24) is 4.57 Å². The maximum atomic E-state index is 12.1. The van der Waals surface area contributed by atoms with Gasteiger partial charge in [0.25, 0.3) is 5.56 Å². The second kappa shape index (κ2) is 4.97. The third-order valence-corrected chi connectivity index (χ3v) is 3.98. The molecule has 0 N–H and O–H groups in total. The molecular weight excluding hydrogens is 286 g/mol. The van der Waals surface area contributed by atoms with Gasteiger partial charge in [-0.05, 0) is 24.4 Å². The van der Waals surface area contributed by atoms with Crippen molar-refractivity contribution in [2.75, 3.05) is 0 Å². The Kier molecular flexibility index (Phi) is 3.61. The first-order valence-electron chi connectivity index (χ1n) is 5.10. The van der Waals surface area contributed by atoms with Gasteiger partial charge in [0.2, 0.25) is 0 Å². The van der Waals surface area contributed by atoms with E-state index in [1.165, 1.54) is 0 Å². The zero-order valence-electron chi connectivity index (χ0n) is 8.94. The maximum absolute atomic E-state index is 12.1. The number of nitrogens with zero attached hydrogens (tertiary/aromatic N) is 1. The molecule has 0 saturated carbocycles. The molecule has 0 aliphatic carbocycles. The lowest BCUT2D eigenvalue weighted by Crippen LogP contribution is -2.23. The highest BCUT2D eigenvalue weighted by Gasteiger charge is 2.08. The molecule has 0 aliphatic heterocycles. The monoisotopic (exact) mass is 297 g/mol.